The van der Waals surface area contributed by atoms with Crippen LogP contribution in [0.3, 0.4) is 0 Å². The van der Waals surface area contributed by atoms with Gasteiger partial charge in [0, 0.05) is 36.0 Å². The number of H-pyrrole nitrogens is 1. The molecule has 0 radical (unpaired) electrons. The minimum absolute atomic E-state index is 0.0213. The fourth-order valence-corrected chi connectivity index (χ4v) is 2.02. The van der Waals surface area contributed by atoms with E-state index >= 15 is 0 Å². The zero-order valence-electron chi connectivity index (χ0n) is 13.0. The third-order valence-electron chi connectivity index (χ3n) is 3.31. The zero-order valence-corrected chi connectivity index (χ0v) is 13.0. The molecule has 0 aliphatic carbocycles. The van der Waals surface area contributed by atoms with Crippen LogP contribution in [0, 0.1) is 5.92 Å². The minimum Gasteiger partial charge on any atom is -0.497 e. The maximum Gasteiger partial charge on any atom is 0.267 e. The SMILES string of the molecule is COc1ccc2cc(C(=O)NCCNC(=O)C(C)C)[nH]c2c1. The van der Waals surface area contributed by atoms with E-state index in [2.05, 4.69) is 15.6 Å². The summed E-state index contributed by atoms with van der Waals surface area (Å²) in [6.45, 7) is 4.45. The lowest BCUT2D eigenvalue weighted by molar-refractivity contribution is -0.123. The van der Waals surface area contributed by atoms with Gasteiger partial charge in [-0.05, 0) is 18.2 Å². The van der Waals surface area contributed by atoms with Crippen LogP contribution in [0.4, 0.5) is 0 Å². The highest BCUT2D eigenvalue weighted by Gasteiger charge is 2.10. The van der Waals surface area contributed by atoms with E-state index in [0.717, 1.165) is 16.7 Å². The molecule has 0 aliphatic rings. The molecule has 0 atom stereocenters. The summed E-state index contributed by atoms with van der Waals surface area (Å²) >= 11 is 0. The molecular weight excluding hydrogens is 282 g/mol. The molecule has 0 saturated heterocycles. The van der Waals surface area contributed by atoms with Crippen molar-refractivity contribution in [3.05, 3.63) is 30.0 Å². The molecule has 2 amide bonds. The maximum atomic E-state index is 12.1. The Kier molecular flexibility index (Phi) is 5.04. The van der Waals surface area contributed by atoms with Crippen molar-refractivity contribution in [2.45, 2.75) is 13.8 Å². The predicted octanol–water partition coefficient (Wildman–Crippen LogP) is 1.68. The predicted molar refractivity (Wildman–Crippen MR) is 85.0 cm³/mol. The molecule has 1 aromatic carbocycles. The number of aromatic amines is 1. The number of methoxy groups -OCH3 is 1. The van der Waals surface area contributed by atoms with Gasteiger partial charge in [0.05, 0.1) is 7.11 Å². The smallest absolute Gasteiger partial charge is 0.267 e. The number of fused-ring (bicyclic) bond motifs is 1. The van der Waals surface area contributed by atoms with E-state index in [0.29, 0.717) is 18.8 Å². The number of carbonyl (C=O) groups is 2. The van der Waals surface area contributed by atoms with Crippen LogP contribution in [-0.4, -0.2) is 37.0 Å². The fourth-order valence-electron chi connectivity index (χ4n) is 2.02. The van der Waals surface area contributed by atoms with E-state index in [9.17, 15) is 9.59 Å². The Morgan fingerprint density at radius 3 is 2.59 bits per heavy atom. The summed E-state index contributed by atoms with van der Waals surface area (Å²) in [6.07, 6.45) is 0. The van der Waals surface area contributed by atoms with E-state index in [4.69, 9.17) is 4.74 Å². The number of benzene rings is 1. The average molecular weight is 303 g/mol. The van der Waals surface area contributed by atoms with Crippen molar-refractivity contribution in [3.63, 3.8) is 0 Å². The Morgan fingerprint density at radius 2 is 1.91 bits per heavy atom. The van der Waals surface area contributed by atoms with E-state index in [-0.39, 0.29) is 17.7 Å². The number of amides is 2. The average Bonchev–Trinajstić information content (AvgIpc) is 2.93. The van der Waals surface area contributed by atoms with Gasteiger partial charge in [-0.3, -0.25) is 9.59 Å². The van der Waals surface area contributed by atoms with Crippen molar-refractivity contribution in [2.24, 2.45) is 5.92 Å². The second kappa shape index (κ2) is 6.98. The molecular formula is C16H21N3O3. The lowest BCUT2D eigenvalue weighted by atomic mass is 10.2. The highest BCUT2D eigenvalue weighted by atomic mass is 16.5. The van der Waals surface area contributed by atoms with Gasteiger partial charge in [0.25, 0.3) is 5.91 Å². The molecule has 0 aliphatic heterocycles. The second-order valence-electron chi connectivity index (χ2n) is 5.34. The van der Waals surface area contributed by atoms with Gasteiger partial charge in [-0.2, -0.15) is 0 Å². The molecule has 22 heavy (non-hydrogen) atoms. The quantitative estimate of drug-likeness (QED) is 0.710. The summed E-state index contributed by atoms with van der Waals surface area (Å²) in [5.74, 6) is 0.456. The van der Waals surface area contributed by atoms with Crippen molar-refractivity contribution in [2.75, 3.05) is 20.2 Å². The van der Waals surface area contributed by atoms with Gasteiger partial charge in [0.15, 0.2) is 0 Å². The van der Waals surface area contributed by atoms with Crippen molar-refractivity contribution < 1.29 is 14.3 Å². The number of carbonyl (C=O) groups excluding carboxylic acids is 2. The topological polar surface area (TPSA) is 83.2 Å². The molecule has 0 saturated carbocycles. The number of hydrogen-bond acceptors (Lipinski definition) is 3. The molecule has 0 spiro atoms. The molecule has 2 aromatic rings. The molecule has 0 bridgehead atoms. The maximum absolute atomic E-state index is 12.1. The van der Waals surface area contributed by atoms with Crippen LogP contribution < -0.4 is 15.4 Å². The summed E-state index contributed by atoms with van der Waals surface area (Å²) in [7, 11) is 1.60. The van der Waals surface area contributed by atoms with Gasteiger partial charge in [-0.25, -0.2) is 0 Å². The van der Waals surface area contributed by atoms with E-state index in [1.165, 1.54) is 0 Å². The van der Waals surface area contributed by atoms with Crippen molar-refractivity contribution in [1.29, 1.82) is 0 Å². The van der Waals surface area contributed by atoms with Crippen molar-refractivity contribution in [3.8, 4) is 5.75 Å². The summed E-state index contributed by atoms with van der Waals surface area (Å²) in [5, 5.41) is 6.46. The standard InChI is InChI=1S/C16H21N3O3/c1-10(2)15(20)17-6-7-18-16(21)14-8-11-4-5-12(22-3)9-13(11)19-14/h4-5,8-10,19H,6-7H2,1-3H3,(H,17,20)(H,18,21). The lowest BCUT2D eigenvalue weighted by Gasteiger charge is -2.08. The van der Waals surface area contributed by atoms with E-state index < -0.39 is 0 Å². The minimum atomic E-state index is -0.200. The van der Waals surface area contributed by atoms with E-state index in [1.807, 2.05) is 32.0 Å². The van der Waals surface area contributed by atoms with Crippen LogP contribution in [0.5, 0.6) is 5.75 Å². The first-order valence-electron chi connectivity index (χ1n) is 7.24. The molecule has 1 aromatic heterocycles. The first kappa shape index (κ1) is 15.9. The molecule has 0 unspecified atom stereocenters. The monoisotopic (exact) mass is 303 g/mol. The first-order chi connectivity index (χ1) is 10.5. The Bertz CT molecular complexity index is 676. The summed E-state index contributed by atoms with van der Waals surface area (Å²) in [4.78, 5) is 26.5. The third kappa shape index (κ3) is 3.78. The summed E-state index contributed by atoms with van der Waals surface area (Å²) < 4.78 is 5.15. The van der Waals surface area contributed by atoms with Crippen molar-refractivity contribution >= 4 is 22.7 Å². The fraction of sp³-hybridized carbons (Fsp3) is 0.375. The molecule has 6 heteroatoms. The van der Waals surface area contributed by atoms with Gasteiger partial charge >= 0.3 is 0 Å². The Morgan fingerprint density at radius 1 is 1.18 bits per heavy atom. The van der Waals surface area contributed by atoms with Crippen LogP contribution in [-0.2, 0) is 4.79 Å². The molecule has 118 valence electrons. The van der Waals surface area contributed by atoms with Crippen molar-refractivity contribution in [1.82, 2.24) is 15.6 Å². The summed E-state index contributed by atoms with van der Waals surface area (Å²) in [5.41, 5.74) is 1.33. The first-order valence-corrected chi connectivity index (χ1v) is 7.24. The van der Waals surface area contributed by atoms with Crippen LogP contribution >= 0.6 is 0 Å². The normalized spacial score (nSPS) is 10.7. The number of rotatable bonds is 6. The molecule has 1 heterocycles. The Balaban J connectivity index is 1.91. The highest BCUT2D eigenvalue weighted by Crippen LogP contribution is 2.21. The van der Waals surface area contributed by atoms with Gasteiger partial charge in [0.2, 0.25) is 5.91 Å². The molecule has 6 nitrogen and oxygen atoms in total. The third-order valence-corrected chi connectivity index (χ3v) is 3.31. The van der Waals surface area contributed by atoms with Crippen LogP contribution in [0.2, 0.25) is 0 Å². The van der Waals surface area contributed by atoms with Crippen LogP contribution in [0.25, 0.3) is 10.9 Å². The number of hydrogen-bond donors (Lipinski definition) is 3. The van der Waals surface area contributed by atoms with E-state index in [1.54, 1.807) is 13.2 Å². The number of aromatic nitrogens is 1. The Labute approximate surface area is 129 Å². The number of nitrogens with one attached hydrogen (secondary N) is 3. The second-order valence-corrected chi connectivity index (χ2v) is 5.34. The molecule has 2 rings (SSSR count). The van der Waals surface area contributed by atoms with Gasteiger partial charge in [-0.1, -0.05) is 13.8 Å². The number of ether oxygens (including phenoxy) is 1. The summed E-state index contributed by atoms with van der Waals surface area (Å²) in [6, 6.07) is 7.37. The molecule has 0 fully saturated rings. The highest BCUT2D eigenvalue weighted by molar-refractivity contribution is 5.98. The zero-order chi connectivity index (χ0) is 16.1. The van der Waals surface area contributed by atoms with Gasteiger partial charge < -0.3 is 20.4 Å². The lowest BCUT2D eigenvalue weighted by Crippen LogP contribution is -2.36. The van der Waals surface area contributed by atoms with Crippen LogP contribution in [0.15, 0.2) is 24.3 Å². The van der Waals surface area contributed by atoms with Gasteiger partial charge in [0.1, 0.15) is 11.4 Å². The Hall–Kier alpha value is -2.50. The van der Waals surface area contributed by atoms with Gasteiger partial charge in [-0.15, -0.1) is 0 Å². The van der Waals surface area contributed by atoms with Crippen LogP contribution in [0.1, 0.15) is 24.3 Å². The molecule has 3 N–H and O–H groups in total. The largest absolute Gasteiger partial charge is 0.497 e.